The van der Waals surface area contributed by atoms with E-state index in [4.69, 9.17) is 17.3 Å². The number of nitrogens with two attached hydrogens (primary N) is 1. The minimum Gasteiger partial charge on any atom is -0.412 e. The maximum absolute atomic E-state index is 6.06. The normalized spacial score (nSPS) is 8.73. The fraction of sp³-hybridized carbons (Fsp3) is 0.400. The molecule has 3 nitrogen and oxygen atoms in total. The van der Waals surface area contributed by atoms with Gasteiger partial charge in [-0.25, -0.2) is 0 Å². The summed E-state index contributed by atoms with van der Waals surface area (Å²) in [6.45, 7) is 6.13. The Hall–Kier alpha value is -0.640. The molecule has 4 N–H and O–H groups in total. The topological polar surface area (TPSA) is 60.8 Å². The van der Waals surface area contributed by atoms with Crippen LogP contribution in [0.1, 0.15) is 13.8 Å². The Morgan fingerprint density at radius 2 is 1.80 bits per heavy atom. The predicted molar refractivity (Wildman–Crippen MR) is 70.3 cm³/mol. The number of anilines is 2. The summed E-state index contributed by atoms with van der Waals surface area (Å²) >= 11 is 6.06. The van der Waals surface area contributed by atoms with Crippen LogP contribution in [-0.2, 0) is 0 Å². The van der Waals surface area contributed by atoms with Gasteiger partial charge in [0.1, 0.15) is 0 Å². The third kappa shape index (κ3) is 4.16. The lowest BCUT2D eigenvalue weighted by molar-refractivity contribution is 0.824. The maximum Gasteiger partial charge on any atom is 0.0660 e. The highest BCUT2D eigenvalue weighted by atomic mass is 35.5. The molecule has 0 fully saturated rings. The van der Waals surface area contributed by atoms with Crippen LogP contribution < -0.4 is 10.6 Å². The summed E-state index contributed by atoms with van der Waals surface area (Å²) in [5.41, 5.74) is 7.37. The van der Waals surface area contributed by atoms with Crippen LogP contribution >= 0.6 is 24.0 Å². The number of benzene rings is 1. The van der Waals surface area contributed by atoms with Crippen molar-refractivity contribution >= 4 is 35.4 Å². The van der Waals surface area contributed by atoms with E-state index in [0.29, 0.717) is 5.69 Å². The van der Waals surface area contributed by atoms with Gasteiger partial charge in [-0.1, -0.05) is 11.6 Å². The largest absolute Gasteiger partial charge is 0.412 e. The zero-order chi connectivity index (χ0) is 9.84. The highest BCUT2D eigenvalue weighted by Gasteiger charge is 2.05. The Balaban J connectivity index is 0. The van der Waals surface area contributed by atoms with Gasteiger partial charge in [-0.05, 0) is 32.0 Å². The van der Waals surface area contributed by atoms with Crippen LogP contribution in [0.3, 0.4) is 0 Å². The molecule has 1 aromatic rings. The van der Waals surface area contributed by atoms with Gasteiger partial charge < -0.3 is 16.1 Å². The summed E-state index contributed by atoms with van der Waals surface area (Å²) in [6, 6.07) is 5.62. The zero-order valence-corrected chi connectivity index (χ0v) is 10.5. The van der Waals surface area contributed by atoms with Crippen LogP contribution in [0.15, 0.2) is 18.2 Å². The SMILES string of the molecule is CCN(CC)c1ccc(N)cc1Cl.Cl.O. The maximum atomic E-state index is 6.06. The summed E-state index contributed by atoms with van der Waals surface area (Å²) < 4.78 is 0. The van der Waals surface area contributed by atoms with Crippen molar-refractivity contribution in [1.82, 2.24) is 0 Å². The van der Waals surface area contributed by atoms with Crippen LogP contribution in [0.25, 0.3) is 0 Å². The fourth-order valence-electron chi connectivity index (χ4n) is 1.34. The molecule has 1 rings (SSSR count). The van der Waals surface area contributed by atoms with Gasteiger partial charge >= 0.3 is 0 Å². The Kier molecular flexibility index (Phi) is 8.53. The first-order valence-electron chi connectivity index (χ1n) is 4.49. The van der Waals surface area contributed by atoms with Crippen LogP contribution in [0, 0.1) is 0 Å². The van der Waals surface area contributed by atoms with Crippen molar-refractivity contribution in [2.45, 2.75) is 13.8 Å². The minimum absolute atomic E-state index is 0. The van der Waals surface area contributed by atoms with Crippen LogP contribution in [0.4, 0.5) is 11.4 Å². The molecule has 0 heterocycles. The standard InChI is InChI=1S/C10H15ClN2.ClH.H2O/c1-3-13(4-2)10-6-5-8(12)7-9(10)11;;/h5-7H,3-4,12H2,1-2H3;1H;1H2. The predicted octanol–water partition coefficient (Wildman–Crippen LogP) is 2.37. The van der Waals surface area contributed by atoms with Crippen molar-refractivity contribution in [2.75, 3.05) is 23.7 Å². The minimum atomic E-state index is 0. The molecule has 0 bridgehead atoms. The second-order valence-electron chi connectivity index (χ2n) is 2.88. The first kappa shape index (κ1) is 16.8. The van der Waals surface area contributed by atoms with Gasteiger partial charge in [0.05, 0.1) is 10.7 Å². The van der Waals surface area contributed by atoms with E-state index in [0.717, 1.165) is 23.8 Å². The van der Waals surface area contributed by atoms with Crippen molar-refractivity contribution in [2.24, 2.45) is 0 Å². The highest BCUT2D eigenvalue weighted by Crippen LogP contribution is 2.27. The summed E-state index contributed by atoms with van der Waals surface area (Å²) in [6.07, 6.45) is 0. The lowest BCUT2D eigenvalue weighted by Crippen LogP contribution is -2.22. The molecule has 0 spiro atoms. The monoisotopic (exact) mass is 252 g/mol. The second-order valence-corrected chi connectivity index (χ2v) is 3.29. The van der Waals surface area contributed by atoms with Gasteiger partial charge in [0.2, 0.25) is 0 Å². The number of hydrogen-bond donors (Lipinski definition) is 1. The van der Waals surface area contributed by atoms with Gasteiger partial charge in [0.15, 0.2) is 0 Å². The smallest absolute Gasteiger partial charge is 0.0660 e. The first-order chi connectivity index (χ1) is 6.19. The molecule has 0 saturated carbocycles. The van der Waals surface area contributed by atoms with E-state index < -0.39 is 0 Å². The zero-order valence-electron chi connectivity index (χ0n) is 8.96. The highest BCUT2D eigenvalue weighted by molar-refractivity contribution is 6.33. The Bertz CT molecular complexity index is 291. The molecule has 88 valence electrons. The molecule has 0 aliphatic carbocycles. The quantitative estimate of drug-likeness (QED) is 0.840. The number of nitrogen functional groups attached to an aromatic ring is 1. The second kappa shape index (κ2) is 7.63. The molecule has 5 heteroatoms. The fourth-order valence-corrected chi connectivity index (χ4v) is 1.65. The third-order valence-corrected chi connectivity index (χ3v) is 2.38. The number of rotatable bonds is 3. The third-order valence-electron chi connectivity index (χ3n) is 2.08. The van der Waals surface area contributed by atoms with Gasteiger partial charge in [-0.15, -0.1) is 12.4 Å². The van der Waals surface area contributed by atoms with Crippen LogP contribution in [0.2, 0.25) is 5.02 Å². The van der Waals surface area contributed by atoms with Crippen molar-refractivity contribution in [3.8, 4) is 0 Å². The molecule has 15 heavy (non-hydrogen) atoms. The summed E-state index contributed by atoms with van der Waals surface area (Å²) in [4.78, 5) is 2.20. The summed E-state index contributed by atoms with van der Waals surface area (Å²) in [7, 11) is 0. The van der Waals surface area contributed by atoms with Crippen molar-refractivity contribution in [3.63, 3.8) is 0 Å². The average molecular weight is 253 g/mol. The number of hydrogen-bond acceptors (Lipinski definition) is 2. The van der Waals surface area contributed by atoms with E-state index >= 15 is 0 Å². The molecule has 0 aromatic heterocycles. The summed E-state index contributed by atoms with van der Waals surface area (Å²) in [5, 5.41) is 0.726. The molecule has 0 aliphatic rings. The number of halogens is 2. The van der Waals surface area contributed by atoms with E-state index in [2.05, 4.69) is 18.7 Å². The van der Waals surface area contributed by atoms with E-state index in [1.807, 2.05) is 12.1 Å². The molecular weight excluding hydrogens is 235 g/mol. The van der Waals surface area contributed by atoms with Crippen molar-refractivity contribution in [3.05, 3.63) is 23.2 Å². The Morgan fingerprint density at radius 1 is 1.27 bits per heavy atom. The lowest BCUT2D eigenvalue weighted by atomic mass is 10.2. The molecule has 0 amide bonds. The molecular formula is C10H18Cl2N2O. The lowest BCUT2D eigenvalue weighted by Gasteiger charge is -2.22. The van der Waals surface area contributed by atoms with Crippen molar-refractivity contribution < 1.29 is 5.48 Å². The van der Waals surface area contributed by atoms with Crippen molar-refractivity contribution in [1.29, 1.82) is 0 Å². The molecule has 0 aliphatic heterocycles. The molecule has 1 aromatic carbocycles. The van der Waals surface area contributed by atoms with Gasteiger partial charge in [0, 0.05) is 18.8 Å². The van der Waals surface area contributed by atoms with Crippen LogP contribution in [0.5, 0.6) is 0 Å². The van der Waals surface area contributed by atoms with Gasteiger partial charge in [-0.2, -0.15) is 0 Å². The summed E-state index contributed by atoms with van der Waals surface area (Å²) in [5.74, 6) is 0. The van der Waals surface area contributed by atoms with Gasteiger partial charge in [0.25, 0.3) is 0 Å². The van der Waals surface area contributed by atoms with Gasteiger partial charge in [-0.3, -0.25) is 0 Å². The van der Waals surface area contributed by atoms with E-state index in [9.17, 15) is 0 Å². The van der Waals surface area contributed by atoms with E-state index in [-0.39, 0.29) is 17.9 Å². The number of nitrogens with zero attached hydrogens (tertiary/aromatic N) is 1. The Morgan fingerprint density at radius 3 is 2.20 bits per heavy atom. The first-order valence-corrected chi connectivity index (χ1v) is 4.86. The Labute approximate surface area is 102 Å². The molecule has 0 saturated heterocycles. The molecule has 0 radical (unpaired) electrons. The average Bonchev–Trinajstić information content (AvgIpc) is 2.10. The molecule has 0 atom stereocenters. The molecule has 0 unspecified atom stereocenters. The van der Waals surface area contributed by atoms with E-state index in [1.54, 1.807) is 6.07 Å². The van der Waals surface area contributed by atoms with E-state index in [1.165, 1.54) is 0 Å². The van der Waals surface area contributed by atoms with Crippen LogP contribution in [-0.4, -0.2) is 18.6 Å².